The molecule has 0 aliphatic carbocycles. The standard InChI is InChI=1S/C43H88N2O2/c1-6-8-10-12-14-16-18-20-22-24-26-28-30-32-34-36-39-45(41-38-44-42(46)47-43(3,4)5)40-37-35-33-31-29-27-25-23-21-19-17-15-13-11-9-7-2/h6-41H2,1-5H3,(H,44,46). The monoisotopic (exact) mass is 665 g/mol. The van der Waals surface area contributed by atoms with Crippen molar-refractivity contribution >= 4 is 6.09 Å². The second-order valence-corrected chi connectivity index (χ2v) is 15.9. The summed E-state index contributed by atoms with van der Waals surface area (Å²) in [6.45, 7) is 14.3. The van der Waals surface area contributed by atoms with Crippen molar-refractivity contribution in [2.24, 2.45) is 0 Å². The third kappa shape index (κ3) is 39.6. The van der Waals surface area contributed by atoms with Crippen LogP contribution in [0.1, 0.15) is 240 Å². The Morgan fingerprint density at radius 3 is 0.936 bits per heavy atom. The second-order valence-electron chi connectivity index (χ2n) is 15.9. The number of amides is 1. The number of nitrogens with zero attached hydrogens (tertiary/aromatic N) is 1. The summed E-state index contributed by atoms with van der Waals surface area (Å²) in [5, 5.41) is 2.98. The fourth-order valence-electron chi connectivity index (χ4n) is 6.73. The van der Waals surface area contributed by atoms with E-state index in [9.17, 15) is 4.79 Å². The van der Waals surface area contributed by atoms with Gasteiger partial charge in [0.2, 0.25) is 0 Å². The Labute approximate surface area is 297 Å². The highest BCUT2D eigenvalue weighted by atomic mass is 16.6. The molecule has 282 valence electrons. The highest BCUT2D eigenvalue weighted by Gasteiger charge is 2.16. The number of hydrogen-bond acceptors (Lipinski definition) is 3. The van der Waals surface area contributed by atoms with E-state index in [-0.39, 0.29) is 6.09 Å². The average molecular weight is 665 g/mol. The van der Waals surface area contributed by atoms with E-state index in [4.69, 9.17) is 4.74 Å². The first kappa shape index (κ1) is 46.2. The first-order chi connectivity index (χ1) is 22.9. The van der Waals surface area contributed by atoms with Crippen molar-refractivity contribution in [1.82, 2.24) is 10.2 Å². The molecule has 0 aromatic carbocycles. The van der Waals surface area contributed by atoms with Crippen molar-refractivity contribution < 1.29 is 9.53 Å². The van der Waals surface area contributed by atoms with Crippen LogP contribution >= 0.6 is 0 Å². The molecule has 0 unspecified atom stereocenters. The SMILES string of the molecule is CCCCCCCCCCCCCCCCCCN(CCCCCCCCCCCCCCCCCC)CCNC(=O)OC(C)(C)C. The van der Waals surface area contributed by atoms with Crippen molar-refractivity contribution in [1.29, 1.82) is 0 Å². The van der Waals surface area contributed by atoms with E-state index in [1.54, 1.807) is 0 Å². The zero-order valence-corrected chi connectivity index (χ0v) is 33.2. The van der Waals surface area contributed by atoms with Crippen LogP contribution in [0.4, 0.5) is 4.79 Å². The van der Waals surface area contributed by atoms with Crippen LogP contribution in [-0.2, 0) is 4.74 Å². The smallest absolute Gasteiger partial charge is 0.407 e. The van der Waals surface area contributed by atoms with E-state index < -0.39 is 5.60 Å². The summed E-state index contributed by atoms with van der Waals surface area (Å²) in [5.74, 6) is 0. The number of alkyl carbamates (subject to hydrolysis) is 1. The van der Waals surface area contributed by atoms with Crippen molar-refractivity contribution in [3.8, 4) is 0 Å². The summed E-state index contributed by atoms with van der Waals surface area (Å²) in [5.41, 5.74) is -0.440. The van der Waals surface area contributed by atoms with E-state index in [0.29, 0.717) is 6.54 Å². The van der Waals surface area contributed by atoms with Gasteiger partial charge in [0, 0.05) is 13.1 Å². The normalized spacial score (nSPS) is 11.9. The molecule has 0 fully saturated rings. The topological polar surface area (TPSA) is 41.6 Å². The zero-order valence-electron chi connectivity index (χ0n) is 33.2. The molecule has 0 bridgehead atoms. The van der Waals surface area contributed by atoms with Gasteiger partial charge >= 0.3 is 6.09 Å². The lowest BCUT2D eigenvalue weighted by Crippen LogP contribution is -2.38. The van der Waals surface area contributed by atoms with Crippen LogP contribution in [-0.4, -0.2) is 42.8 Å². The van der Waals surface area contributed by atoms with Gasteiger partial charge in [-0.1, -0.05) is 206 Å². The molecule has 1 amide bonds. The molecule has 4 nitrogen and oxygen atoms in total. The highest BCUT2D eigenvalue weighted by molar-refractivity contribution is 5.67. The van der Waals surface area contributed by atoms with Crippen molar-refractivity contribution in [2.75, 3.05) is 26.2 Å². The molecular weight excluding hydrogens is 576 g/mol. The third-order valence-electron chi connectivity index (χ3n) is 9.75. The van der Waals surface area contributed by atoms with Gasteiger partial charge in [-0.25, -0.2) is 4.79 Å². The van der Waals surface area contributed by atoms with Gasteiger partial charge in [0.05, 0.1) is 0 Å². The summed E-state index contributed by atoms with van der Waals surface area (Å²) < 4.78 is 5.44. The predicted molar refractivity (Wildman–Crippen MR) is 210 cm³/mol. The minimum atomic E-state index is -0.440. The lowest BCUT2D eigenvalue weighted by atomic mass is 10.0. The highest BCUT2D eigenvalue weighted by Crippen LogP contribution is 2.16. The molecule has 0 saturated carbocycles. The molecular formula is C43H88N2O2. The van der Waals surface area contributed by atoms with Crippen LogP contribution in [0.15, 0.2) is 0 Å². The Morgan fingerprint density at radius 1 is 0.426 bits per heavy atom. The molecule has 47 heavy (non-hydrogen) atoms. The number of nitrogens with one attached hydrogen (secondary N) is 1. The molecule has 4 heteroatoms. The van der Waals surface area contributed by atoms with E-state index >= 15 is 0 Å². The third-order valence-corrected chi connectivity index (χ3v) is 9.75. The number of rotatable bonds is 37. The van der Waals surface area contributed by atoms with Crippen LogP contribution in [0.5, 0.6) is 0 Å². The molecule has 0 heterocycles. The largest absolute Gasteiger partial charge is 0.444 e. The minimum Gasteiger partial charge on any atom is -0.444 e. The minimum absolute atomic E-state index is 0.290. The Balaban J connectivity index is 3.90. The van der Waals surface area contributed by atoms with E-state index in [2.05, 4.69) is 24.1 Å². The van der Waals surface area contributed by atoms with Crippen molar-refractivity contribution in [3.05, 3.63) is 0 Å². The predicted octanol–water partition coefficient (Wildman–Crippen LogP) is 14.3. The van der Waals surface area contributed by atoms with Gasteiger partial charge < -0.3 is 15.0 Å². The van der Waals surface area contributed by atoms with E-state index in [1.807, 2.05) is 20.8 Å². The average Bonchev–Trinajstić information content (AvgIpc) is 3.03. The van der Waals surface area contributed by atoms with Crippen LogP contribution in [0.25, 0.3) is 0 Å². The molecule has 0 saturated heterocycles. The lowest BCUT2D eigenvalue weighted by Gasteiger charge is -2.24. The van der Waals surface area contributed by atoms with Gasteiger partial charge in [0.1, 0.15) is 5.60 Å². The molecule has 0 aliphatic heterocycles. The first-order valence-electron chi connectivity index (χ1n) is 21.6. The Hall–Kier alpha value is -0.770. The van der Waals surface area contributed by atoms with E-state index in [1.165, 1.54) is 205 Å². The maximum absolute atomic E-state index is 12.1. The van der Waals surface area contributed by atoms with Crippen molar-refractivity contribution in [3.63, 3.8) is 0 Å². The van der Waals surface area contributed by atoms with Crippen LogP contribution in [0, 0.1) is 0 Å². The molecule has 0 radical (unpaired) electrons. The number of unbranched alkanes of at least 4 members (excludes halogenated alkanes) is 30. The molecule has 0 aliphatic rings. The number of carbonyl (C=O) groups is 1. The van der Waals surface area contributed by atoms with Crippen molar-refractivity contribution in [2.45, 2.75) is 246 Å². The Kier molecular flexibility index (Phi) is 35.9. The van der Waals surface area contributed by atoms with Gasteiger partial charge in [-0.2, -0.15) is 0 Å². The van der Waals surface area contributed by atoms with Crippen LogP contribution < -0.4 is 5.32 Å². The van der Waals surface area contributed by atoms with Gasteiger partial charge in [0.15, 0.2) is 0 Å². The first-order valence-corrected chi connectivity index (χ1v) is 21.6. The summed E-state index contributed by atoms with van der Waals surface area (Å²) in [6.07, 6.45) is 44.9. The molecule has 0 aromatic rings. The fourth-order valence-corrected chi connectivity index (χ4v) is 6.73. The fraction of sp³-hybridized carbons (Fsp3) is 0.977. The lowest BCUT2D eigenvalue weighted by molar-refractivity contribution is 0.0521. The Bertz CT molecular complexity index is 581. The molecule has 1 N–H and O–H groups in total. The maximum Gasteiger partial charge on any atom is 0.407 e. The maximum atomic E-state index is 12.1. The number of ether oxygens (including phenoxy) is 1. The van der Waals surface area contributed by atoms with E-state index in [0.717, 1.165) is 19.6 Å². The zero-order chi connectivity index (χ0) is 34.5. The summed E-state index contributed by atoms with van der Waals surface area (Å²) in [6, 6.07) is 0. The molecule has 0 rings (SSSR count). The molecule has 0 spiro atoms. The number of carbonyl (C=O) groups excluding carboxylic acids is 1. The molecule has 0 aromatic heterocycles. The van der Waals surface area contributed by atoms with Crippen LogP contribution in [0.3, 0.4) is 0 Å². The summed E-state index contributed by atoms with van der Waals surface area (Å²) in [7, 11) is 0. The molecule has 0 atom stereocenters. The van der Waals surface area contributed by atoms with Crippen LogP contribution in [0.2, 0.25) is 0 Å². The number of hydrogen-bond donors (Lipinski definition) is 1. The second kappa shape index (κ2) is 36.5. The summed E-state index contributed by atoms with van der Waals surface area (Å²) >= 11 is 0. The van der Waals surface area contributed by atoms with Gasteiger partial charge in [0.25, 0.3) is 0 Å². The van der Waals surface area contributed by atoms with Gasteiger partial charge in [-0.3, -0.25) is 0 Å². The van der Waals surface area contributed by atoms with Gasteiger partial charge in [-0.15, -0.1) is 0 Å². The quantitative estimate of drug-likeness (QED) is 0.0672. The Morgan fingerprint density at radius 2 is 0.681 bits per heavy atom. The van der Waals surface area contributed by atoms with Gasteiger partial charge in [-0.05, 0) is 46.7 Å². The summed E-state index contributed by atoms with van der Waals surface area (Å²) in [4.78, 5) is 14.7.